The van der Waals surface area contributed by atoms with E-state index in [1.807, 2.05) is 13.8 Å². The lowest BCUT2D eigenvalue weighted by atomic mass is 10.2. The monoisotopic (exact) mass is 370 g/mol. The Kier molecular flexibility index (Phi) is 5.74. The van der Waals surface area contributed by atoms with Gasteiger partial charge in [-0.25, -0.2) is 4.39 Å². The van der Waals surface area contributed by atoms with Crippen LogP contribution in [-0.4, -0.2) is 17.9 Å². The van der Waals surface area contributed by atoms with Gasteiger partial charge >= 0.3 is 0 Å². The Labute approximate surface area is 157 Å². The Hall–Kier alpha value is -2.89. The minimum atomic E-state index is -0.315. The minimum absolute atomic E-state index is 0.0890. The molecule has 2 amide bonds. The number of nitrogens with one attached hydrogen (secondary N) is 2. The smallest absolute Gasteiger partial charge is 0.228 e. The maximum atomic E-state index is 12.9. The number of halogens is 1. The van der Waals surface area contributed by atoms with Crippen LogP contribution in [0.2, 0.25) is 0 Å². The Morgan fingerprint density at radius 2 is 1.67 bits per heavy atom. The average Bonchev–Trinajstić information content (AvgIpc) is 3.43. The third kappa shape index (κ3) is 5.29. The lowest BCUT2D eigenvalue weighted by Gasteiger charge is -2.10. The molecule has 0 aromatic heterocycles. The van der Waals surface area contributed by atoms with Crippen LogP contribution in [0.4, 0.5) is 10.1 Å². The zero-order valence-electron chi connectivity index (χ0n) is 15.4. The number of anilines is 1. The van der Waals surface area contributed by atoms with Crippen LogP contribution in [0.1, 0.15) is 25.8 Å². The summed E-state index contributed by atoms with van der Waals surface area (Å²) in [6.45, 7) is 4.22. The highest BCUT2D eigenvalue weighted by molar-refractivity contribution is 5.99. The summed E-state index contributed by atoms with van der Waals surface area (Å²) in [6, 6.07) is 13.1. The van der Waals surface area contributed by atoms with Gasteiger partial charge in [-0.2, -0.15) is 0 Å². The van der Waals surface area contributed by atoms with E-state index in [0.29, 0.717) is 18.7 Å². The lowest BCUT2D eigenvalue weighted by molar-refractivity contribution is -0.125. The molecule has 142 valence electrons. The van der Waals surface area contributed by atoms with Crippen molar-refractivity contribution >= 4 is 17.5 Å². The number of hydrogen-bond donors (Lipinski definition) is 2. The number of hydrogen-bond acceptors (Lipinski definition) is 3. The van der Waals surface area contributed by atoms with E-state index >= 15 is 0 Å². The average molecular weight is 370 g/mol. The van der Waals surface area contributed by atoms with Crippen LogP contribution in [0.15, 0.2) is 48.5 Å². The number of carbonyl (C=O) groups excluding carboxylic acids is 2. The van der Waals surface area contributed by atoms with Gasteiger partial charge in [-0.3, -0.25) is 9.59 Å². The maximum Gasteiger partial charge on any atom is 0.228 e. The zero-order valence-corrected chi connectivity index (χ0v) is 15.4. The standard InChI is InChI=1S/C21H23FN2O3/c1-13(2)27-17-9-7-16(8-10-17)24-21(26)19-11-18(19)20(25)23-12-14-3-5-15(22)6-4-14/h3-10,13,18-19H,11-12H2,1-2H3,(H,23,25)(H,24,26). The Balaban J connectivity index is 1.45. The second-order valence-corrected chi connectivity index (χ2v) is 6.97. The van der Waals surface area contributed by atoms with Crippen molar-refractivity contribution in [1.29, 1.82) is 0 Å². The fourth-order valence-electron chi connectivity index (χ4n) is 2.82. The molecule has 2 N–H and O–H groups in total. The van der Waals surface area contributed by atoms with Crippen molar-refractivity contribution < 1.29 is 18.7 Å². The van der Waals surface area contributed by atoms with E-state index < -0.39 is 0 Å². The predicted octanol–water partition coefficient (Wildman–Crippen LogP) is 3.50. The third-order valence-corrected chi connectivity index (χ3v) is 4.34. The summed E-state index contributed by atoms with van der Waals surface area (Å²) in [5.74, 6) is -0.506. The number of rotatable bonds is 7. The SMILES string of the molecule is CC(C)Oc1ccc(NC(=O)C2CC2C(=O)NCc2ccc(F)cc2)cc1. The summed E-state index contributed by atoms with van der Waals surface area (Å²) in [7, 11) is 0. The summed E-state index contributed by atoms with van der Waals surface area (Å²) >= 11 is 0. The van der Waals surface area contributed by atoms with Gasteiger partial charge in [0.15, 0.2) is 0 Å². The van der Waals surface area contributed by atoms with E-state index in [1.165, 1.54) is 12.1 Å². The normalized spacial score (nSPS) is 18.1. The molecule has 0 heterocycles. The molecule has 0 spiro atoms. The molecule has 5 nitrogen and oxygen atoms in total. The quantitative estimate of drug-likeness (QED) is 0.784. The molecule has 0 bridgehead atoms. The van der Waals surface area contributed by atoms with E-state index in [-0.39, 0.29) is 35.6 Å². The van der Waals surface area contributed by atoms with Gasteiger partial charge in [0.2, 0.25) is 11.8 Å². The molecule has 2 aromatic carbocycles. The second-order valence-electron chi connectivity index (χ2n) is 6.97. The molecule has 1 aliphatic carbocycles. The van der Waals surface area contributed by atoms with E-state index in [4.69, 9.17) is 4.74 Å². The molecule has 0 saturated heterocycles. The number of benzene rings is 2. The van der Waals surface area contributed by atoms with E-state index in [9.17, 15) is 14.0 Å². The van der Waals surface area contributed by atoms with E-state index in [0.717, 1.165) is 11.3 Å². The van der Waals surface area contributed by atoms with Gasteiger partial charge in [0.05, 0.1) is 17.9 Å². The van der Waals surface area contributed by atoms with Crippen molar-refractivity contribution in [2.75, 3.05) is 5.32 Å². The van der Waals surface area contributed by atoms with Crippen LogP contribution in [0.25, 0.3) is 0 Å². The highest BCUT2D eigenvalue weighted by Gasteiger charge is 2.47. The van der Waals surface area contributed by atoms with Gasteiger partial charge in [-0.05, 0) is 62.2 Å². The highest BCUT2D eigenvalue weighted by Crippen LogP contribution is 2.39. The number of amides is 2. The Morgan fingerprint density at radius 3 is 2.30 bits per heavy atom. The predicted molar refractivity (Wildman–Crippen MR) is 101 cm³/mol. The van der Waals surface area contributed by atoms with Crippen molar-refractivity contribution in [3.8, 4) is 5.75 Å². The highest BCUT2D eigenvalue weighted by atomic mass is 19.1. The van der Waals surface area contributed by atoms with Crippen molar-refractivity contribution in [3.63, 3.8) is 0 Å². The summed E-state index contributed by atoms with van der Waals surface area (Å²) in [5, 5.41) is 5.63. The van der Waals surface area contributed by atoms with E-state index in [1.54, 1.807) is 36.4 Å². The lowest BCUT2D eigenvalue weighted by Crippen LogP contribution is -2.27. The molecule has 1 saturated carbocycles. The Morgan fingerprint density at radius 1 is 1.04 bits per heavy atom. The number of carbonyl (C=O) groups is 2. The van der Waals surface area contributed by atoms with Crippen molar-refractivity contribution in [1.82, 2.24) is 5.32 Å². The van der Waals surface area contributed by atoms with Gasteiger partial charge < -0.3 is 15.4 Å². The van der Waals surface area contributed by atoms with Crippen LogP contribution in [0, 0.1) is 17.7 Å². The minimum Gasteiger partial charge on any atom is -0.491 e. The molecule has 2 aromatic rings. The topological polar surface area (TPSA) is 67.4 Å². The van der Waals surface area contributed by atoms with Crippen LogP contribution in [0.5, 0.6) is 5.75 Å². The fraction of sp³-hybridized carbons (Fsp3) is 0.333. The van der Waals surface area contributed by atoms with Crippen molar-refractivity contribution in [2.45, 2.75) is 32.9 Å². The second kappa shape index (κ2) is 8.20. The molecule has 2 unspecified atom stereocenters. The molecule has 2 atom stereocenters. The third-order valence-electron chi connectivity index (χ3n) is 4.34. The Bertz CT molecular complexity index is 803. The summed E-state index contributed by atoms with van der Waals surface area (Å²) in [5.41, 5.74) is 1.49. The van der Waals surface area contributed by atoms with Crippen LogP contribution in [-0.2, 0) is 16.1 Å². The molecule has 3 rings (SSSR count). The maximum absolute atomic E-state index is 12.9. The summed E-state index contributed by atoms with van der Waals surface area (Å²) < 4.78 is 18.4. The summed E-state index contributed by atoms with van der Waals surface area (Å²) in [4.78, 5) is 24.5. The van der Waals surface area contributed by atoms with Crippen LogP contribution >= 0.6 is 0 Å². The first-order valence-corrected chi connectivity index (χ1v) is 9.02. The van der Waals surface area contributed by atoms with Gasteiger partial charge in [-0.1, -0.05) is 12.1 Å². The molecule has 1 aliphatic rings. The molecule has 0 radical (unpaired) electrons. The first kappa shape index (κ1) is 18.9. The zero-order chi connectivity index (χ0) is 19.4. The van der Waals surface area contributed by atoms with Gasteiger partial charge in [0.25, 0.3) is 0 Å². The van der Waals surface area contributed by atoms with Gasteiger partial charge in [-0.15, -0.1) is 0 Å². The summed E-state index contributed by atoms with van der Waals surface area (Å²) in [6.07, 6.45) is 0.626. The van der Waals surface area contributed by atoms with Crippen LogP contribution in [0.3, 0.4) is 0 Å². The van der Waals surface area contributed by atoms with Gasteiger partial charge in [0, 0.05) is 12.2 Å². The molecule has 6 heteroatoms. The molecule has 1 fully saturated rings. The number of ether oxygens (including phenoxy) is 1. The molecule has 0 aliphatic heterocycles. The van der Waals surface area contributed by atoms with Crippen molar-refractivity contribution in [3.05, 3.63) is 59.9 Å². The molecular formula is C21H23FN2O3. The largest absolute Gasteiger partial charge is 0.491 e. The first-order valence-electron chi connectivity index (χ1n) is 9.02. The molecular weight excluding hydrogens is 347 g/mol. The molecule has 27 heavy (non-hydrogen) atoms. The van der Waals surface area contributed by atoms with Gasteiger partial charge in [0.1, 0.15) is 11.6 Å². The van der Waals surface area contributed by atoms with E-state index in [2.05, 4.69) is 10.6 Å². The fourth-order valence-corrected chi connectivity index (χ4v) is 2.82. The van der Waals surface area contributed by atoms with Crippen molar-refractivity contribution in [2.24, 2.45) is 11.8 Å². The van der Waals surface area contributed by atoms with Crippen LogP contribution < -0.4 is 15.4 Å². The first-order chi connectivity index (χ1) is 12.9.